The van der Waals surface area contributed by atoms with E-state index in [4.69, 9.17) is 0 Å². The molecule has 18 heavy (non-hydrogen) atoms. The molecule has 1 saturated heterocycles. The molecule has 4 nitrogen and oxygen atoms in total. The van der Waals surface area contributed by atoms with Crippen molar-refractivity contribution in [1.29, 1.82) is 0 Å². The maximum absolute atomic E-state index is 12.3. The zero-order valence-corrected chi connectivity index (χ0v) is 11.6. The average molecular weight is 265 g/mol. The second-order valence-electron chi connectivity index (χ2n) is 4.49. The molecule has 0 bridgehead atoms. The summed E-state index contributed by atoms with van der Waals surface area (Å²) in [4.78, 5) is 18.2. The second-order valence-corrected chi connectivity index (χ2v) is 5.64. The van der Waals surface area contributed by atoms with Crippen LogP contribution in [0.25, 0.3) is 0 Å². The third-order valence-corrected chi connectivity index (χ3v) is 4.40. The Balaban J connectivity index is 2.01. The minimum atomic E-state index is -0.0435. The highest BCUT2D eigenvalue weighted by molar-refractivity contribution is 7.99. The molecule has 2 atom stereocenters. The van der Waals surface area contributed by atoms with Crippen molar-refractivity contribution in [3.05, 3.63) is 30.1 Å². The summed E-state index contributed by atoms with van der Waals surface area (Å²) in [6.45, 7) is 2.96. The van der Waals surface area contributed by atoms with Crippen LogP contribution in [0.2, 0.25) is 0 Å². The first kappa shape index (κ1) is 13.4. The highest BCUT2D eigenvalue weighted by atomic mass is 32.2. The van der Waals surface area contributed by atoms with E-state index < -0.39 is 0 Å². The number of carbonyl (C=O) groups is 1. The van der Waals surface area contributed by atoms with Gasteiger partial charge in [0.2, 0.25) is 5.91 Å². The largest absolute Gasteiger partial charge is 0.338 e. The molecule has 0 saturated carbocycles. The number of pyridine rings is 1. The molecule has 1 aromatic heterocycles. The number of hydrogen-bond acceptors (Lipinski definition) is 4. The van der Waals surface area contributed by atoms with Crippen LogP contribution in [-0.2, 0) is 4.79 Å². The predicted molar refractivity (Wildman–Crippen MR) is 74.5 cm³/mol. The van der Waals surface area contributed by atoms with Crippen molar-refractivity contribution in [2.75, 3.05) is 25.1 Å². The first-order valence-corrected chi connectivity index (χ1v) is 7.33. The lowest BCUT2D eigenvalue weighted by molar-refractivity contribution is -0.133. The molecule has 0 spiro atoms. The molecular weight excluding hydrogens is 246 g/mol. The van der Waals surface area contributed by atoms with Gasteiger partial charge in [-0.3, -0.25) is 9.78 Å². The monoisotopic (exact) mass is 265 g/mol. The fraction of sp³-hybridized carbons (Fsp3) is 0.538. The van der Waals surface area contributed by atoms with Crippen molar-refractivity contribution in [2.45, 2.75) is 19.0 Å². The number of amides is 1. The van der Waals surface area contributed by atoms with Gasteiger partial charge in [0.1, 0.15) is 0 Å². The Kier molecular flexibility index (Phi) is 4.60. The molecule has 5 heteroatoms. The van der Waals surface area contributed by atoms with Gasteiger partial charge in [-0.15, -0.1) is 0 Å². The molecule has 0 aromatic carbocycles. The third kappa shape index (κ3) is 3.03. The standard InChI is InChI=1S/C13H19N3OS/c1-10(11-3-5-14-6-4-11)16(2)13(17)12-9-18-8-7-15-12/h3-6,10,12,15H,7-9H2,1-2H3. The van der Waals surface area contributed by atoms with Crippen LogP contribution in [0.5, 0.6) is 0 Å². The quantitative estimate of drug-likeness (QED) is 0.895. The van der Waals surface area contributed by atoms with Gasteiger partial charge in [-0.1, -0.05) is 0 Å². The molecule has 2 unspecified atom stereocenters. The minimum absolute atomic E-state index is 0.0435. The molecule has 1 fully saturated rings. The van der Waals surface area contributed by atoms with E-state index >= 15 is 0 Å². The van der Waals surface area contributed by atoms with E-state index in [1.165, 1.54) is 0 Å². The van der Waals surface area contributed by atoms with Gasteiger partial charge in [0.05, 0.1) is 12.1 Å². The molecular formula is C13H19N3OS. The highest BCUT2D eigenvalue weighted by Crippen LogP contribution is 2.19. The number of aromatic nitrogens is 1. The summed E-state index contributed by atoms with van der Waals surface area (Å²) in [5.74, 6) is 2.13. The number of carbonyl (C=O) groups excluding carboxylic acids is 1. The molecule has 1 aliphatic rings. The fourth-order valence-electron chi connectivity index (χ4n) is 2.03. The van der Waals surface area contributed by atoms with Gasteiger partial charge < -0.3 is 10.2 Å². The maximum atomic E-state index is 12.3. The van der Waals surface area contributed by atoms with Gasteiger partial charge in [-0.2, -0.15) is 11.8 Å². The average Bonchev–Trinajstić information content (AvgIpc) is 2.47. The third-order valence-electron chi connectivity index (χ3n) is 3.34. The summed E-state index contributed by atoms with van der Waals surface area (Å²) in [6.07, 6.45) is 3.53. The van der Waals surface area contributed by atoms with Crippen LogP contribution in [0.1, 0.15) is 18.5 Å². The molecule has 2 rings (SSSR count). The normalized spacial score (nSPS) is 21.3. The molecule has 98 valence electrons. The van der Waals surface area contributed by atoms with Crippen LogP contribution < -0.4 is 5.32 Å². The van der Waals surface area contributed by atoms with Crippen molar-refractivity contribution in [1.82, 2.24) is 15.2 Å². The van der Waals surface area contributed by atoms with E-state index in [0.29, 0.717) is 0 Å². The van der Waals surface area contributed by atoms with Gasteiger partial charge in [0, 0.05) is 37.5 Å². The molecule has 1 aromatic rings. The van der Waals surface area contributed by atoms with Crippen molar-refractivity contribution >= 4 is 17.7 Å². The Bertz CT molecular complexity index is 392. The van der Waals surface area contributed by atoms with E-state index in [9.17, 15) is 4.79 Å². The summed E-state index contributed by atoms with van der Waals surface area (Å²) < 4.78 is 0. The summed E-state index contributed by atoms with van der Waals surface area (Å²) in [7, 11) is 1.87. The highest BCUT2D eigenvalue weighted by Gasteiger charge is 2.26. The number of nitrogens with zero attached hydrogens (tertiary/aromatic N) is 2. The number of thioether (sulfide) groups is 1. The lowest BCUT2D eigenvalue weighted by Crippen LogP contribution is -2.49. The molecule has 1 N–H and O–H groups in total. The first-order valence-electron chi connectivity index (χ1n) is 6.18. The van der Waals surface area contributed by atoms with Crippen LogP contribution in [0.15, 0.2) is 24.5 Å². The molecule has 0 aliphatic carbocycles. The Morgan fingerprint density at radius 1 is 1.56 bits per heavy atom. The van der Waals surface area contributed by atoms with E-state index in [0.717, 1.165) is 23.6 Å². The Hall–Kier alpha value is -1.07. The lowest BCUT2D eigenvalue weighted by Gasteiger charge is -2.31. The van der Waals surface area contributed by atoms with Crippen LogP contribution in [0, 0.1) is 0 Å². The second kappa shape index (κ2) is 6.20. The number of rotatable bonds is 3. The van der Waals surface area contributed by atoms with Crippen molar-refractivity contribution in [2.24, 2.45) is 0 Å². The summed E-state index contributed by atoms with van der Waals surface area (Å²) >= 11 is 1.84. The van der Waals surface area contributed by atoms with Crippen LogP contribution in [-0.4, -0.2) is 46.9 Å². The number of likely N-dealkylation sites (N-methyl/N-ethyl adjacent to an activating group) is 1. The van der Waals surface area contributed by atoms with Crippen LogP contribution in [0.3, 0.4) is 0 Å². The summed E-state index contributed by atoms with van der Waals surface area (Å²) in [5.41, 5.74) is 1.12. The lowest BCUT2D eigenvalue weighted by atomic mass is 10.1. The zero-order chi connectivity index (χ0) is 13.0. The Morgan fingerprint density at radius 2 is 2.28 bits per heavy atom. The smallest absolute Gasteiger partial charge is 0.240 e. The minimum Gasteiger partial charge on any atom is -0.338 e. The van der Waals surface area contributed by atoms with E-state index in [-0.39, 0.29) is 18.0 Å². The van der Waals surface area contributed by atoms with Crippen molar-refractivity contribution in [3.8, 4) is 0 Å². The van der Waals surface area contributed by atoms with Gasteiger partial charge in [0.15, 0.2) is 0 Å². The Labute approximate surface area is 112 Å². The SMILES string of the molecule is CC(c1ccncc1)N(C)C(=O)C1CSCCN1. The molecule has 2 heterocycles. The van der Waals surface area contributed by atoms with Gasteiger partial charge in [-0.25, -0.2) is 0 Å². The van der Waals surface area contributed by atoms with E-state index in [1.54, 1.807) is 12.4 Å². The van der Waals surface area contributed by atoms with Gasteiger partial charge >= 0.3 is 0 Å². The van der Waals surface area contributed by atoms with Crippen molar-refractivity contribution < 1.29 is 4.79 Å². The topological polar surface area (TPSA) is 45.2 Å². The van der Waals surface area contributed by atoms with E-state index in [1.807, 2.05) is 42.8 Å². The predicted octanol–water partition coefficient (Wildman–Crippen LogP) is 1.31. The van der Waals surface area contributed by atoms with Gasteiger partial charge in [0.25, 0.3) is 0 Å². The van der Waals surface area contributed by atoms with E-state index in [2.05, 4.69) is 10.3 Å². The number of nitrogens with one attached hydrogen (secondary N) is 1. The number of hydrogen-bond donors (Lipinski definition) is 1. The fourth-order valence-corrected chi connectivity index (χ4v) is 2.95. The molecule has 1 amide bonds. The first-order chi connectivity index (χ1) is 8.70. The Morgan fingerprint density at radius 3 is 2.89 bits per heavy atom. The zero-order valence-electron chi connectivity index (χ0n) is 10.8. The van der Waals surface area contributed by atoms with Crippen molar-refractivity contribution in [3.63, 3.8) is 0 Å². The van der Waals surface area contributed by atoms with Crippen LogP contribution in [0.4, 0.5) is 0 Å². The summed E-state index contributed by atoms with van der Waals surface area (Å²) in [6, 6.07) is 3.95. The molecule has 1 aliphatic heterocycles. The summed E-state index contributed by atoms with van der Waals surface area (Å²) in [5, 5.41) is 3.28. The maximum Gasteiger partial charge on any atom is 0.240 e. The molecule has 0 radical (unpaired) electrons. The van der Waals surface area contributed by atoms with Crippen LogP contribution >= 0.6 is 11.8 Å². The van der Waals surface area contributed by atoms with Gasteiger partial charge in [-0.05, 0) is 24.6 Å².